The lowest BCUT2D eigenvalue weighted by molar-refractivity contribution is -0.121. The summed E-state index contributed by atoms with van der Waals surface area (Å²) >= 11 is 0. The summed E-state index contributed by atoms with van der Waals surface area (Å²) in [4.78, 5) is 40.9. The van der Waals surface area contributed by atoms with Gasteiger partial charge in [-0.1, -0.05) is 6.58 Å². The Morgan fingerprint density at radius 2 is 2.03 bits per heavy atom. The van der Waals surface area contributed by atoms with E-state index in [1.807, 2.05) is 6.07 Å². The molecule has 1 saturated heterocycles. The molecule has 3 N–H and O–H groups in total. The van der Waals surface area contributed by atoms with Crippen molar-refractivity contribution in [3.63, 3.8) is 0 Å². The Kier molecular flexibility index (Phi) is 5.92. The van der Waals surface area contributed by atoms with Crippen LogP contribution in [-0.4, -0.2) is 39.6 Å². The zero-order valence-electron chi connectivity index (χ0n) is 16.6. The number of amides is 1. The fourth-order valence-electron chi connectivity index (χ4n) is 3.49. The van der Waals surface area contributed by atoms with Gasteiger partial charge in [0.15, 0.2) is 0 Å². The van der Waals surface area contributed by atoms with E-state index in [0.717, 1.165) is 35.1 Å². The summed E-state index contributed by atoms with van der Waals surface area (Å²) in [5.74, 6) is 0.268. The largest absolute Gasteiger partial charge is 0.466 e. The highest BCUT2D eigenvalue weighted by Crippen LogP contribution is 2.23. The normalized spacial score (nSPS) is 15.2. The first-order chi connectivity index (χ1) is 13.8. The first-order valence-corrected chi connectivity index (χ1v) is 9.36. The molecule has 29 heavy (non-hydrogen) atoms. The van der Waals surface area contributed by atoms with Gasteiger partial charge in [-0.05, 0) is 31.2 Å². The fraction of sp³-hybridized carbons (Fsp3) is 0.421. The van der Waals surface area contributed by atoms with Gasteiger partial charge in [-0.25, -0.2) is 4.79 Å². The molecule has 156 valence electrons. The highest BCUT2D eigenvalue weighted by Gasteiger charge is 2.28. The van der Waals surface area contributed by atoms with Crippen molar-refractivity contribution in [3.05, 3.63) is 57.8 Å². The minimum absolute atomic E-state index is 0.0236. The predicted molar refractivity (Wildman–Crippen MR) is 109 cm³/mol. The molecule has 0 aliphatic carbocycles. The van der Waals surface area contributed by atoms with Gasteiger partial charge in [-0.15, -0.1) is 0 Å². The number of hydrogen-bond acceptors (Lipinski definition) is 7. The summed E-state index contributed by atoms with van der Waals surface area (Å²) in [6.45, 7) is 5.20. The molecule has 1 aliphatic rings. The number of aromatic nitrogens is 2. The van der Waals surface area contributed by atoms with E-state index in [1.54, 1.807) is 12.3 Å². The van der Waals surface area contributed by atoms with E-state index in [9.17, 15) is 14.4 Å². The summed E-state index contributed by atoms with van der Waals surface area (Å²) in [7, 11) is 2.82. The van der Waals surface area contributed by atoms with Crippen molar-refractivity contribution in [2.24, 2.45) is 14.1 Å². The lowest BCUT2D eigenvalue weighted by Gasteiger charge is -2.28. The maximum absolute atomic E-state index is 12.8. The molecule has 3 heterocycles. The van der Waals surface area contributed by atoms with Crippen LogP contribution in [0.4, 0.5) is 11.5 Å². The third-order valence-electron chi connectivity index (χ3n) is 5.12. The van der Waals surface area contributed by atoms with Crippen molar-refractivity contribution in [1.82, 2.24) is 19.4 Å². The number of likely N-dealkylation sites (tertiary alicyclic amines) is 1. The zero-order valence-corrected chi connectivity index (χ0v) is 16.6. The Hall–Kier alpha value is -3.27. The minimum Gasteiger partial charge on any atom is -0.466 e. The maximum atomic E-state index is 12.8. The molecule has 2 aromatic rings. The van der Waals surface area contributed by atoms with Crippen LogP contribution in [0.5, 0.6) is 0 Å². The fourth-order valence-corrected chi connectivity index (χ4v) is 3.49. The Bertz CT molecular complexity index is 1000. The van der Waals surface area contributed by atoms with E-state index in [1.165, 1.54) is 25.2 Å². The van der Waals surface area contributed by atoms with Crippen molar-refractivity contribution in [3.8, 4) is 0 Å². The van der Waals surface area contributed by atoms with Crippen molar-refractivity contribution >= 4 is 17.4 Å². The third-order valence-corrected chi connectivity index (χ3v) is 5.12. The van der Waals surface area contributed by atoms with Gasteiger partial charge in [0.25, 0.3) is 5.56 Å². The topological polar surface area (TPSA) is 119 Å². The number of anilines is 2. The molecule has 0 radical (unpaired) electrons. The summed E-state index contributed by atoms with van der Waals surface area (Å²) in [5, 5.41) is 2.96. The maximum Gasteiger partial charge on any atom is 0.332 e. The second-order valence-corrected chi connectivity index (χ2v) is 6.98. The molecule has 0 spiro atoms. The molecule has 10 nitrogen and oxygen atoms in total. The monoisotopic (exact) mass is 402 g/mol. The third kappa shape index (κ3) is 3.97. The van der Waals surface area contributed by atoms with Crippen LogP contribution in [0.25, 0.3) is 0 Å². The number of rotatable bonds is 7. The number of carbonyl (C=O) groups is 1. The highest BCUT2D eigenvalue weighted by molar-refractivity contribution is 5.83. The molecule has 2 aromatic heterocycles. The lowest BCUT2D eigenvalue weighted by Crippen LogP contribution is -2.46. The van der Waals surface area contributed by atoms with E-state index in [2.05, 4.69) is 16.8 Å². The Morgan fingerprint density at radius 1 is 1.34 bits per heavy atom. The van der Waals surface area contributed by atoms with Crippen LogP contribution in [-0.2, 0) is 18.9 Å². The summed E-state index contributed by atoms with van der Waals surface area (Å²) in [6.07, 6.45) is 4.61. The molecule has 1 fully saturated rings. The van der Waals surface area contributed by atoms with Crippen LogP contribution >= 0.6 is 0 Å². The first kappa shape index (κ1) is 20.5. The van der Waals surface area contributed by atoms with E-state index < -0.39 is 17.4 Å². The van der Waals surface area contributed by atoms with Crippen molar-refractivity contribution in [2.45, 2.75) is 19.0 Å². The van der Waals surface area contributed by atoms with E-state index in [4.69, 9.17) is 10.2 Å². The number of nitrogens with one attached hydrogen (secondary N) is 1. The summed E-state index contributed by atoms with van der Waals surface area (Å²) in [6, 6.07) is 3.59. The van der Waals surface area contributed by atoms with Gasteiger partial charge in [0, 0.05) is 27.2 Å². The van der Waals surface area contributed by atoms with E-state index in [-0.39, 0.29) is 24.0 Å². The van der Waals surface area contributed by atoms with E-state index >= 15 is 0 Å². The second-order valence-electron chi connectivity index (χ2n) is 6.98. The second kappa shape index (κ2) is 8.39. The van der Waals surface area contributed by atoms with Gasteiger partial charge in [0.1, 0.15) is 30.0 Å². The number of hydrogen-bond donors (Lipinski definition) is 2. The Labute approximate surface area is 167 Å². The summed E-state index contributed by atoms with van der Waals surface area (Å²) < 4.78 is 7.60. The molecule has 0 aromatic carbocycles. The molecule has 0 saturated carbocycles. The number of nitrogens with zero attached hydrogens (tertiary/aromatic N) is 4. The van der Waals surface area contributed by atoms with Crippen LogP contribution < -0.4 is 27.2 Å². The SMILES string of the molecule is C=CN(CC(=O)NC(c1ccco1)N1CCCC1)c1c(N)n(C)c(=O)n(C)c1=O. The molecule has 10 heteroatoms. The van der Waals surface area contributed by atoms with Gasteiger partial charge < -0.3 is 20.4 Å². The van der Waals surface area contributed by atoms with Gasteiger partial charge in [-0.2, -0.15) is 0 Å². The average molecular weight is 402 g/mol. The highest BCUT2D eigenvalue weighted by atomic mass is 16.3. The first-order valence-electron chi connectivity index (χ1n) is 9.36. The number of nitrogens with two attached hydrogens (primary N) is 1. The molecular weight excluding hydrogens is 376 g/mol. The van der Waals surface area contributed by atoms with Crippen LogP contribution in [0.15, 0.2) is 45.2 Å². The Morgan fingerprint density at radius 3 is 2.62 bits per heavy atom. The number of nitrogen functional groups attached to an aromatic ring is 1. The van der Waals surface area contributed by atoms with Crippen LogP contribution in [0.3, 0.4) is 0 Å². The number of carbonyl (C=O) groups excluding carboxylic acids is 1. The predicted octanol–water partition coefficient (Wildman–Crippen LogP) is 0.120. The molecule has 1 amide bonds. The molecule has 0 bridgehead atoms. The smallest absolute Gasteiger partial charge is 0.332 e. The molecule has 1 atom stereocenters. The Balaban J connectivity index is 1.84. The van der Waals surface area contributed by atoms with Crippen molar-refractivity contribution < 1.29 is 9.21 Å². The molecular formula is C19H26N6O4. The quantitative estimate of drug-likeness (QED) is 0.675. The van der Waals surface area contributed by atoms with Crippen molar-refractivity contribution in [1.29, 1.82) is 0 Å². The standard InChI is InChI=1S/C19H26N6O4/c1-4-24(15-16(20)22(2)19(28)23(3)18(15)27)12-14(26)21-17(13-8-7-11-29-13)25-9-5-6-10-25/h4,7-8,11,17H,1,5-6,9-10,12,20H2,2-3H3,(H,21,26). The molecule has 1 unspecified atom stereocenters. The average Bonchev–Trinajstić information content (AvgIpc) is 3.42. The van der Waals surface area contributed by atoms with Gasteiger partial charge in [0.2, 0.25) is 5.91 Å². The number of furan rings is 1. The van der Waals surface area contributed by atoms with E-state index in [0.29, 0.717) is 5.76 Å². The summed E-state index contributed by atoms with van der Waals surface area (Å²) in [5.41, 5.74) is 4.87. The zero-order chi connectivity index (χ0) is 21.1. The van der Waals surface area contributed by atoms with Crippen LogP contribution in [0, 0.1) is 0 Å². The molecule has 1 aliphatic heterocycles. The van der Waals surface area contributed by atoms with Crippen LogP contribution in [0.2, 0.25) is 0 Å². The van der Waals surface area contributed by atoms with Gasteiger partial charge >= 0.3 is 5.69 Å². The minimum atomic E-state index is -0.597. The van der Waals surface area contributed by atoms with Gasteiger partial charge in [0.05, 0.1) is 6.26 Å². The molecule has 3 rings (SSSR count). The lowest BCUT2D eigenvalue weighted by atomic mass is 10.3. The van der Waals surface area contributed by atoms with Gasteiger partial charge in [-0.3, -0.25) is 23.6 Å². The van der Waals surface area contributed by atoms with Crippen molar-refractivity contribution in [2.75, 3.05) is 30.3 Å². The van der Waals surface area contributed by atoms with Crippen LogP contribution in [0.1, 0.15) is 24.8 Å².